The van der Waals surface area contributed by atoms with Crippen molar-refractivity contribution in [2.24, 2.45) is 5.92 Å². The molecule has 0 aliphatic carbocycles. The van der Waals surface area contributed by atoms with Crippen LogP contribution in [0.5, 0.6) is 0 Å². The van der Waals surface area contributed by atoms with Crippen molar-refractivity contribution < 1.29 is 9.59 Å². The summed E-state index contributed by atoms with van der Waals surface area (Å²) in [5.41, 5.74) is 0.754. The Kier molecular flexibility index (Phi) is 2.49. The van der Waals surface area contributed by atoms with E-state index in [0.717, 1.165) is 5.69 Å². The van der Waals surface area contributed by atoms with Crippen molar-refractivity contribution in [2.45, 2.75) is 25.7 Å². The summed E-state index contributed by atoms with van der Waals surface area (Å²) in [5, 5.41) is 12.4. The van der Waals surface area contributed by atoms with Crippen molar-refractivity contribution in [1.29, 1.82) is 0 Å². The first kappa shape index (κ1) is 9.82. The molecular formula is C9H12N4O2. The monoisotopic (exact) mass is 208 g/mol. The fraction of sp³-hybridized carbons (Fsp3) is 0.556. The highest BCUT2D eigenvalue weighted by molar-refractivity contribution is 5.98. The van der Waals surface area contributed by atoms with Crippen LogP contribution in [-0.4, -0.2) is 27.2 Å². The quantitative estimate of drug-likeness (QED) is 0.667. The van der Waals surface area contributed by atoms with Gasteiger partial charge >= 0.3 is 0 Å². The molecule has 2 amide bonds. The Hall–Kier alpha value is -1.72. The van der Waals surface area contributed by atoms with E-state index in [0.29, 0.717) is 12.8 Å². The van der Waals surface area contributed by atoms with E-state index in [4.69, 9.17) is 0 Å². The summed E-state index contributed by atoms with van der Waals surface area (Å²) in [6.07, 6.45) is 2.66. The Morgan fingerprint density at radius 1 is 1.53 bits per heavy atom. The van der Waals surface area contributed by atoms with Crippen LogP contribution in [0.3, 0.4) is 0 Å². The van der Waals surface area contributed by atoms with E-state index in [2.05, 4.69) is 20.7 Å². The average Bonchev–Trinajstić information content (AvgIpc) is 2.69. The third kappa shape index (κ3) is 1.88. The summed E-state index contributed by atoms with van der Waals surface area (Å²) >= 11 is 0. The Morgan fingerprint density at radius 3 is 2.93 bits per heavy atom. The van der Waals surface area contributed by atoms with Crippen LogP contribution in [0.15, 0.2) is 6.20 Å². The molecule has 1 saturated heterocycles. The summed E-state index contributed by atoms with van der Waals surface area (Å²) in [7, 11) is 0. The Labute approximate surface area is 86.4 Å². The number of aromatic amines is 1. The van der Waals surface area contributed by atoms with E-state index in [9.17, 15) is 9.59 Å². The number of rotatable bonds is 2. The molecule has 6 nitrogen and oxygen atoms in total. The van der Waals surface area contributed by atoms with Gasteiger partial charge in [-0.1, -0.05) is 12.1 Å². The summed E-state index contributed by atoms with van der Waals surface area (Å²) in [6.45, 7) is 1.91. The molecule has 0 saturated carbocycles. The van der Waals surface area contributed by atoms with Crippen molar-refractivity contribution in [2.75, 3.05) is 0 Å². The number of nitrogens with one attached hydrogen (secondary N) is 2. The van der Waals surface area contributed by atoms with Crippen LogP contribution in [-0.2, 0) is 9.59 Å². The molecule has 6 heteroatoms. The highest BCUT2D eigenvalue weighted by Crippen LogP contribution is 2.28. The second-order valence-corrected chi connectivity index (χ2v) is 3.74. The van der Waals surface area contributed by atoms with Crippen LogP contribution < -0.4 is 5.32 Å². The lowest BCUT2D eigenvalue weighted by molar-refractivity contribution is -0.136. The van der Waals surface area contributed by atoms with Crippen molar-refractivity contribution in [3.63, 3.8) is 0 Å². The number of hydrogen-bond acceptors (Lipinski definition) is 4. The van der Waals surface area contributed by atoms with Gasteiger partial charge in [-0.05, 0) is 6.42 Å². The molecule has 0 bridgehead atoms. The van der Waals surface area contributed by atoms with E-state index in [1.807, 2.05) is 6.92 Å². The average molecular weight is 208 g/mol. The van der Waals surface area contributed by atoms with Crippen LogP contribution in [0.25, 0.3) is 0 Å². The predicted molar refractivity (Wildman–Crippen MR) is 50.7 cm³/mol. The summed E-state index contributed by atoms with van der Waals surface area (Å²) in [5.74, 6) is -0.602. The van der Waals surface area contributed by atoms with Crippen LogP contribution in [0.1, 0.15) is 31.4 Å². The van der Waals surface area contributed by atoms with Gasteiger partial charge in [0.1, 0.15) is 0 Å². The van der Waals surface area contributed by atoms with E-state index < -0.39 is 0 Å². The van der Waals surface area contributed by atoms with Gasteiger partial charge in [-0.3, -0.25) is 20.0 Å². The van der Waals surface area contributed by atoms with Gasteiger partial charge in [-0.25, -0.2) is 0 Å². The number of amides is 2. The molecule has 15 heavy (non-hydrogen) atoms. The molecule has 1 aliphatic rings. The Bertz CT molecular complexity index is 373. The number of piperidine rings is 1. The molecule has 2 atom stereocenters. The maximum atomic E-state index is 11.6. The third-order valence-electron chi connectivity index (χ3n) is 2.79. The summed E-state index contributed by atoms with van der Waals surface area (Å²) in [6, 6.07) is 0. The van der Waals surface area contributed by atoms with Crippen molar-refractivity contribution in [3.8, 4) is 0 Å². The van der Waals surface area contributed by atoms with Gasteiger partial charge in [0.25, 0.3) is 0 Å². The molecule has 0 spiro atoms. The molecule has 2 N–H and O–H groups in total. The Morgan fingerprint density at radius 2 is 2.33 bits per heavy atom. The number of aromatic nitrogens is 3. The van der Waals surface area contributed by atoms with Gasteiger partial charge in [0.05, 0.1) is 5.69 Å². The number of carbonyl (C=O) groups is 2. The normalized spacial score (nSPS) is 23.7. The zero-order valence-electron chi connectivity index (χ0n) is 8.36. The van der Waals surface area contributed by atoms with Crippen molar-refractivity contribution in [1.82, 2.24) is 20.7 Å². The molecule has 1 aromatic heterocycles. The van der Waals surface area contributed by atoms with Crippen LogP contribution in [0.2, 0.25) is 0 Å². The topological polar surface area (TPSA) is 87.7 Å². The summed E-state index contributed by atoms with van der Waals surface area (Å²) in [4.78, 5) is 22.5. The first-order chi connectivity index (χ1) is 7.18. The highest BCUT2D eigenvalue weighted by Gasteiger charge is 2.32. The summed E-state index contributed by atoms with van der Waals surface area (Å²) < 4.78 is 0. The van der Waals surface area contributed by atoms with Crippen LogP contribution in [0, 0.1) is 5.92 Å². The minimum atomic E-state index is -0.207. The molecule has 0 aromatic carbocycles. The molecule has 1 aromatic rings. The number of nitrogens with zero attached hydrogens (tertiary/aromatic N) is 2. The SMILES string of the molecule is CC(c1c[nH]nn1)C1CCC(=O)NC1=O. The number of carbonyl (C=O) groups excluding carboxylic acids is 2. The first-order valence-corrected chi connectivity index (χ1v) is 4.88. The van der Waals surface area contributed by atoms with Crippen molar-refractivity contribution in [3.05, 3.63) is 11.9 Å². The van der Waals surface area contributed by atoms with E-state index in [1.165, 1.54) is 0 Å². The molecule has 1 aliphatic heterocycles. The van der Waals surface area contributed by atoms with Crippen LogP contribution >= 0.6 is 0 Å². The Balaban J connectivity index is 2.11. The first-order valence-electron chi connectivity index (χ1n) is 4.88. The van der Waals surface area contributed by atoms with Gasteiger partial charge in [0.15, 0.2) is 0 Å². The molecule has 2 unspecified atom stereocenters. The molecule has 0 radical (unpaired) electrons. The molecular weight excluding hydrogens is 196 g/mol. The zero-order valence-corrected chi connectivity index (χ0v) is 8.36. The second-order valence-electron chi connectivity index (χ2n) is 3.74. The third-order valence-corrected chi connectivity index (χ3v) is 2.79. The van der Waals surface area contributed by atoms with Gasteiger partial charge < -0.3 is 0 Å². The second kappa shape index (κ2) is 3.80. The standard InChI is InChI=1S/C9H12N4O2/c1-5(7-4-10-13-12-7)6-2-3-8(14)11-9(6)15/h4-6H,2-3H2,1H3,(H,10,12,13)(H,11,14,15). The predicted octanol–water partition coefficient (Wildman–Crippen LogP) is -0.0390. The lowest BCUT2D eigenvalue weighted by Crippen LogP contribution is -2.42. The fourth-order valence-corrected chi connectivity index (χ4v) is 1.83. The number of hydrogen-bond donors (Lipinski definition) is 2. The zero-order chi connectivity index (χ0) is 10.8. The van der Waals surface area contributed by atoms with Crippen LogP contribution in [0.4, 0.5) is 0 Å². The lowest BCUT2D eigenvalue weighted by atomic mass is 9.85. The minimum Gasteiger partial charge on any atom is -0.296 e. The minimum absolute atomic E-state index is 0.0168. The molecule has 2 heterocycles. The van der Waals surface area contributed by atoms with E-state index >= 15 is 0 Å². The van der Waals surface area contributed by atoms with Crippen molar-refractivity contribution >= 4 is 11.8 Å². The molecule has 1 fully saturated rings. The molecule has 80 valence electrons. The smallest absolute Gasteiger partial charge is 0.230 e. The maximum absolute atomic E-state index is 11.6. The van der Waals surface area contributed by atoms with E-state index in [1.54, 1.807) is 6.20 Å². The molecule has 2 rings (SSSR count). The number of H-pyrrole nitrogens is 1. The van der Waals surface area contributed by atoms with Gasteiger partial charge in [-0.2, -0.15) is 0 Å². The lowest BCUT2D eigenvalue weighted by Gasteiger charge is -2.24. The number of imide groups is 1. The van der Waals surface area contributed by atoms with Gasteiger partial charge in [-0.15, -0.1) is 5.10 Å². The largest absolute Gasteiger partial charge is 0.296 e. The van der Waals surface area contributed by atoms with Gasteiger partial charge in [0, 0.05) is 24.5 Å². The highest BCUT2D eigenvalue weighted by atomic mass is 16.2. The maximum Gasteiger partial charge on any atom is 0.230 e. The van der Waals surface area contributed by atoms with E-state index in [-0.39, 0.29) is 23.7 Å². The van der Waals surface area contributed by atoms with Gasteiger partial charge in [0.2, 0.25) is 11.8 Å². The fourth-order valence-electron chi connectivity index (χ4n) is 1.83.